The summed E-state index contributed by atoms with van der Waals surface area (Å²) in [7, 11) is 0. The second kappa shape index (κ2) is 5.81. The number of carbonyl (C=O) groups is 2. The number of rotatable bonds is 5. The Hall–Kier alpha value is -1.32. The summed E-state index contributed by atoms with van der Waals surface area (Å²) < 4.78 is 0. The highest BCUT2D eigenvalue weighted by Gasteiger charge is 1.81. The van der Waals surface area contributed by atoms with Gasteiger partial charge in [0.15, 0.2) is 0 Å². The van der Waals surface area contributed by atoms with Crippen molar-refractivity contribution in [3.05, 3.63) is 12.2 Å². The minimum Gasteiger partial charge on any atom is -0.366 e. The van der Waals surface area contributed by atoms with E-state index in [0.29, 0.717) is 19.4 Å². The first-order valence-electron chi connectivity index (χ1n) is 2.90. The van der Waals surface area contributed by atoms with Gasteiger partial charge in [0.05, 0.1) is 0 Å². The maximum absolute atomic E-state index is 10.1. The van der Waals surface area contributed by atoms with Crippen LogP contribution in [-0.2, 0) is 9.59 Å². The Bertz CT molecular complexity index is 143. The van der Waals surface area contributed by atoms with Crippen molar-refractivity contribution in [2.24, 2.45) is 5.73 Å². The summed E-state index contributed by atoms with van der Waals surface area (Å²) >= 11 is 0. The van der Waals surface area contributed by atoms with E-state index >= 15 is 0 Å². The Kier molecular flexibility index (Phi) is 5.04. The van der Waals surface area contributed by atoms with E-state index in [4.69, 9.17) is 5.73 Å². The van der Waals surface area contributed by atoms with Crippen molar-refractivity contribution in [3.63, 3.8) is 0 Å². The molecule has 0 aliphatic heterocycles. The van der Waals surface area contributed by atoms with Gasteiger partial charge in [-0.3, -0.25) is 9.59 Å². The maximum atomic E-state index is 10.1. The Morgan fingerprint density at radius 1 is 1.60 bits per heavy atom. The number of hydrogen-bond donors (Lipinski definition) is 2. The quantitative estimate of drug-likeness (QED) is 0.298. The van der Waals surface area contributed by atoms with Crippen molar-refractivity contribution in [2.45, 2.75) is 6.42 Å². The van der Waals surface area contributed by atoms with E-state index in [-0.39, 0.29) is 0 Å². The van der Waals surface area contributed by atoms with Crippen molar-refractivity contribution in [2.75, 3.05) is 6.54 Å². The lowest BCUT2D eigenvalue weighted by Crippen LogP contribution is -2.11. The van der Waals surface area contributed by atoms with Crippen LogP contribution in [0.2, 0.25) is 0 Å². The van der Waals surface area contributed by atoms with E-state index in [1.165, 1.54) is 6.08 Å². The highest BCUT2D eigenvalue weighted by atomic mass is 16.1. The number of carbonyl (C=O) groups excluding carboxylic acids is 2. The van der Waals surface area contributed by atoms with Gasteiger partial charge in [0.2, 0.25) is 12.3 Å². The summed E-state index contributed by atoms with van der Waals surface area (Å²) in [4.78, 5) is 19.8. The number of nitrogens with one attached hydrogen (secondary N) is 1. The van der Waals surface area contributed by atoms with Gasteiger partial charge in [-0.1, -0.05) is 6.08 Å². The zero-order chi connectivity index (χ0) is 7.82. The Labute approximate surface area is 59.1 Å². The van der Waals surface area contributed by atoms with E-state index in [1.54, 1.807) is 6.08 Å². The normalized spacial score (nSPS) is 9.60. The van der Waals surface area contributed by atoms with Gasteiger partial charge in [-0.25, -0.2) is 0 Å². The highest BCUT2D eigenvalue weighted by Crippen LogP contribution is 1.77. The van der Waals surface area contributed by atoms with Crippen molar-refractivity contribution in [1.29, 1.82) is 0 Å². The molecule has 0 spiro atoms. The molecule has 0 radical (unpaired) electrons. The van der Waals surface area contributed by atoms with Gasteiger partial charge in [-0.15, -0.1) is 0 Å². The molecule has 0 aliphatic rings. The molecule has 0 rings (SSSR count). The van der Waals surface area contributed by atoms with Gasteiger partial charge in [0.25, 0.3) is 0 Å². The Morgan fingerprint density at radius 2 is 2.30 bits per heavy atom. The third-order valence-electron chi connectivity index (χ3n) is 0.821. The zero-order valence-electron chi connectivity index (χ0n) is 5.54. The molecule has 0 bridgehead atoms. The fourth-order valence-corrected chi connectivity index (χ4v) is 0.425. The minimum absolute atomic E-state index is 0.467. The molecule has 4 nitrogen and oxygen atoms in total. The van der Waals surface area contributed by atoms with Gasteiger partial charge in [0, 0.05) is 6.54 Å². The molecular weight excluding hydrogens is 132 g/mol. The molecule has 0 aromatic heterocycles. The average Bonchev–Trinajstić information content (AvgIpc) is 1.87. The lowest BCUT2D eigenvalue weighted by molar-refractivity contribution is -0.113. The van der Waals surface area contributed by atoms with Crippen molar-refractivity contribution >= 4 is 12.3 Å². The van der Waals surface area contributed by atoms with Gasteiger partial charge in [-0.2, -0.15) is 0 Å². The summed E-state index contributed by atoms with van der Waals surface area (Å²) in [6, 6.07) is 0. The molecule has 0 aliphatic carbocycles. The summed E-state index contributed by atoms with van der Waals surface area (Å²) in [6.45, 7) is 0.535. The summed E-state index contributed by atoms with van der Waals surface area (Å²) in [6.07, 6.45) is 4.12. The first kappa shape index (κ1) is 8.68. The predicted octanol–water partition coefficient (Wildman–Crippen LogP) is -0.836. The monoisotopic (exact) mass is 142 g/mol. The molecule has 0 fully saturated rings. The molecule has 0 heterocycles. The largest absolute Gasteiger partial charge is 0.366 e. The molecular formula is C6H10N2O2. The number of primary amides is 1. The number of hydrogen-bond acceptors (Lipinski definition) is 2. The molecule has 10 heavy (non-hydrogen) atoms. The molecule has 0 saturated carbocycles. The fourth-order valence-electron chi connectivity index (χ4n) is 0.425. The SMILES string of the molecule is NC(=O)/C=C/CCNC=O. The van der Waals surface area contributed by atoms with E-state index in [2.05, 4.69) is 5.32 Å². The number of nitrogens with two attached hydrogens (primary N) is 1. The first-order valence-corrected chi connectivity index (χ1v) is 2.90. The van der Waals surface area contributed by atoms with E-state index in [1.807, 2.05) is 0 Å². The smallest absolute Gasteiger partial charge is 0.241 e. The van der Waals surface area contributed by atoms with Crippen LogP contribution < -0.4 is 11.1 Å². The second-order valence-corrected chi connectivity index (χ2v) is 1.67. The number of amides is 2. The second-order valence-electron chi connectivity index (χ2n) is 1.67. The van der Waals surface area contributed by atoms with Crippen LogP contribution in [0.25, 0.3) is 0 Å². The van der Waals surface area contributed by atoms with Crippen LogP contribution in [0.1, 0.15) is 6.42 Å². The van der Waals surface area contributed by atoms with Crippen LogP contribution in [0.5, 0.6) is 0 Å². The van der Waals surface area contributed by atoms with E-state index in [9.17, 15) is 9.59 Å². The van der Waals surface area contributed by atoms with Crippen LogP contribution in [0.3, 0.4) is 0 Å². The van der Waals surface area contributed by atoms with Crippen LogP contribution in [0.4, 0.5) is 0 Å². The molecule has 2 amide bonds. The average molecular weight is 142 g/mol. The fraction of sp³-hybridized carbons (Fsp3) is 0.333. The first-order chi connectivity index (χ1) is 4.77. The zero-order valence-corrected chi connectivity index (χ0v) is 5.54. The lowest BCUT2D eigenvalue weighted by Gasteiger charge is -1.89. The molecule has 0 aromatic carbocycles. The van der Waals surface area contributed by atoms with Gasteiger partial charge >= 0.3 is 0 Å². The molecule has 4 heteroatoms. The standard InChI is InChI=1S/C6H10N2O2/c7-6(10)3-1-2-4-8-5-9/h1,3,5H,2,4H2,(H2,7,10)(H,8,9)/b3-1+. The van der Waals surface area contributed by atoms with Crippen LogP contribution >= 0.6 is 0 Å². The highest BCUT2D eigenvalue weighted by molar-refractivity contribution is 5.85. The molecule has 0 unspecified atom stereocenters. The van der Waals surface area contributed by atoms with E-state index in [0.717, 1.165) is 0 Å². The summed E-state index contributed by atoms with van der Waals surface area (Å²) in [5.41, 5.74) is 4.79. The van der Waals surface area contributed by atoms with Gasteiger partial charge in [-0.05, 0) is 12.5 Å². The summed E-state index contributed by atoms with van der Waals surface area (Å²) in [5, 5.41) is 2.44. The third kappa shape index (κ3) is 6.68. The van der Waals surface area contributed by atoms with Crippen molar-refractivity contribution in [3.8, 4) is 0 Å². The Balaban J connectivity index is 3.18. The van der Waals surface area contributed by atoms with Gasteiger partial charge < -0.3 is 11.1 Å². The van der Waals surface area contributed by atoms with E-state index < -0.39 is 5.91 Å². The van der Waals surface area contributed by atoms with Gasteiger partial charge in [0.1, 0.15) is 0 Å². The molecule has 3 N–H and O–H groups in total. The lowest BCUT2D eigenvalue weighted by atomic mass is 10.4. The molecule has 56 valence electrons. The van der Waals surface area contributed by atoms with Crippen LogP contribution in [0.15, 0.2) is 12.2 Å². The predicted molar refractivity (Wildman–Crippen MR) is 37.0 cm³/mol. The molecule has 0 saturated heterocycles. The minimum atomic E-state index is -0.467. The molecule has 0 atom stereocenters. The molecule has 0 aromatic rings. The third-order valence-corrected chi connectivity index (χ3v) is 0.821. The van der Waals surface area contributed by atoms with Crippen molar-refractivity contribution in [1.82, 2.24) is 5.32 Å². The Morgan fingerprint density at radius 3 is 2.80 bits per heavy atom. The van der Waals surface area contributed by atoms with Crippen LogP contribution in [-0.4, -0.2) is 18.9 Å². The maximum Gasteiger partial charge on any atom is 0.241 e. The van der Waals surface area contributed by atoms with Crippen molar-refractivity contribution < 1.29 is 9.59 Å². The summed E-state index contributed by atoms with van der Waals surface area (Å²) in [5.74, 6) is -0.467. The van der Waals surface area contributed by atoms with Crippen LogP contribution in [0, 0.1) is 0 Å². The topological polar surface area (TPSA) is 72.2 Å².